The van der Waals surface area contributed by atoms with E-state index in [4.69, 9.17) is 11.6 Å². The lowest BCUT2D eigenvalue weighted by molar-refractivity contribution is 0.562. The molecule has 0 fully saturated rings. The van der Waals surface area contributed by atoms with Crippen LogP contribution >= 0.6 is 11.6 Å². The number of isocyanates is 1. The maximum Gasteiger partial charge on any atom is 0.235 e. The first-order valence-corrected chi connectivity index (χ1v) is 3.59. The van der Waals surface area contributed by atoms with Gasteiger partial charge in [0.1, 0.15) is 5.82 Å². The van der Waals surface area contributed by atoms with E-state index in [0.29, 0.717) is 10.6 Å². The van der Waals surface area contributed by atoms with E-state index in [1.54, 1.807) is 6.07 Å². The number of hydrogen-bond donors (Lipinski definition) is 0. The average molecular weight is 186 g/mol. The Labute approximate surface area is 73.7 Å². The Kier molecular flexibility index (Phi) is 2.97. The summed E-state index contributed by atoms with van der Waals surface area (Å²) in [5, 5.41) is 0.297. The highest BCUT2D eigenvalue weighted by atomic mass is 35.5. The number of halogens is 2. The van der Waals surface area contributed by atoms with E-state index in [1.165, 1.54) is 18.2 Å². The van der Waals surface area contributed by atoms with Crippen LogP contribution in [0.5, 0.6) is 0 Å². The zero-order valence-electron chi connectivity index (χ0n) is 6.05. The molecule has 0 N–H and O–H groups in total. The molecule has 0 aliphatic heterocycles. The van der Waals surface area contributed by atoms with Crippen LogP contribution in [0.15, 0.2) is 23.2 Å². The van der Waals surface area contributed by atoms with Crippen molar-refractivity contribution in [1.82, 2.24) is 0 Å². The first kappa shape index (κ1) is 8.91. The lowest BCUT2D eigenvalue weighted by atomic mass is 10.2. The number of hydrogen-bond acceptors (Lipinski definition) is 2. The van der Waals surface area contributed by atoms with Crippen molar-refractivity contribution < 1.29 is 9.18 Å². The molecule has 1 rings (SSSR count). The highest BCUT2D eigenvalue weighted by molar-refractivity contribution is 6.30. The molecule has 0 amide bonds. The quantitative estimate of drug-likeness (QED) is 0.514. The minimum absolute atomic E-state index is 0.112. The van der Waals surface area contributed by atoms with Crippen LogP contribution in [0.2, 0.25) is 5.02 Å². The largest absolute Gasteiger partial charge is 0.235 e. The molecular formula is C8H5ClFNO. The van der Waals surface area contributed by atoms with Crippen molar-refractivity contribution in [3.8, 4) is 0 Å². The van der Waals surface area contributed by atoms with Gasteiger partial charge in [-0.2, -0.15) is 0 Å². The number of aliphatic imine (C=N–C) groups is 1. The molecule has 0 heterocycles. The molecule has 0 atom stereocenters. The Balaban J connectivity index is 2.92. The van der Waals surface area contributed by atoms with Gasteiger partial charge in [0, 0.05) is 5.02 Å². The van der Waals surface area contributed by atoms with E-state index >= 15 is 0 Å². The SMILES string of the molecule is O=C=NCc1cc(F)cc(Cl)c1. The Morgan fingerprint density at radius 3 is 2.83 bits per heavy atom. The van der Waals surface area contributed by atoms with Crippen molar-refractivity contribution in [2.45, 2.75) is 6.54 Å². The van der Waals surface area contributed by atoms with Gasteiger partial charge >= 0.3 is 0 Å². The normalized spacial score (nSPS) is 9.17. The maximum atomic E-state index is 12.6. The second-order valence-corrected chi connectivity index (χ2v) is 2.62. The summed E-state index contributed by atoms with van der Waals surface area (Å²) in [6, 6.07) is 4.01. The minimum atomic E-state index is -0.432. The van der Waals surface area contributed by atoms with Gasteiger partial charge in [-0.25, -0.2) is 14.2 Å². The fraction of sp³-hybridized carbons (Fsp3) is 0.125. The van der Waals surface area contributed by atoms with Crippen molar-refractivity contribution in [3.05, 3.63) is 34.6 Å². The molecule has 4 heteroatoms. The molecule has 0 aliphatic carbocycles. The first-order chi connectivity index (χ1) is 5.72. The van der Waals surface area contributed by atoms with Crippen molar-refractivity contribution in [2.24, 2.45) is 4.99 Å². The molecule has 1 aromatic carbocycles. The predicted molar refractivity (Wildman–Crippen MR) is 43.2 cm³/mol. The average Bonchev–Trinajstić information content (AvgIpc) is 1.99. The smallest absolute Gasteiger partial charge is 0.211 e. The van der Waals surface area contributed by atoms with Crippen LogP contribution in [0.3, 0.4) is 0 Å². The van der Waals surface area contributed by atoms with E-state index in [0.717, 1.165) is 0 Å². The van der Waals surface area contributed by atoms with E-state index in [9.17, 15) is 9.18 Å². The monoisotopic (exact) mass is 185 g/mol. The molecule has 1 aromatic rings. The molecule has 12 heavy (non-hydrogen) atoms. The molecule has 2 nitrogen and oxygen atoms in total. The van der Waals surface area contributed by atoms with E-state index < -0.39 is 5.82 Å². The molecule has 0 saturated heterocycles. The lowest BCUT2D eigenvalue weighted by Crippen LogP contribution is -1.83. The van der Waals surface area contributed by atoms with Crippen LogP contribution in [0, 0.1) is 5.82 Å². The van der Waals surface area contributed by atoms with Crippen molar-refractivity contribution >= 4 is 17.7 Å². The van der Waals surface area contributed by atoms with Gasteiger partial charge in [-0.3, -0.25) is 0 Å². The summed E-state index contributed by atoms with van der Waals surface area (Å²) in [7, 11) is 0. The Morgan fingerprint density at radius 2 is 2.25 bits per heavy atom. The van der Waals surface area contributed by atoms with E-state index in [-0.39, 0.29) is 6.54 Å². The third kappa shape index (κ3) is 2.46. The minimum Gasteiger partial charge on any atom is -0.211 e. The first-order valence-electron chi connectivity index (χ1n) is 3.21. The highest BCUT2D eigenvalue weighted by Crippen LogP contribution is 2.14. The Bertz CT molecular complexity index is 314. The maximum absolute atomic E-state index is 12.6. The van der Waals surface area contributed by atoms with Crippen molar-refractivity contribution in [1.29, 1.82) is 0 Å². The zero-order chi connectivity index (χ0) is 8.97. The summed E-state index contributed by atoms with van der Waals surface area (Å²) < 4.78 is 12.6. The Morgan fingerprint density at radius 1 is 1.50 bits per heavy atom. The molecule has 0 spiro atoms. The zero-order valence-corrected chi connectivity index (χ0v) is 6.81. The summed E-state index contributed by atoms with van der Waals surface area (Å²) in [5.74, 6) is -0.432. The fourth-order valence-corrected chi connectivity index (χ4v) is 1.07. The van der Waals surface area contributed by atoms with Gasteiger partial charge in [0.05, 0.1) is 6.54 Å². The van der Waals surface area contributed by atoms with Gasteiger partial charge in [0.15, 0.2) is 0 Å². The van der Waals surface area contributed by atoms with Crippen molar-refractivity contribution in [3.63, 3.8) is 0 Å². The molecule has 0 aliphatic rings. The number of rotatable bonds is 2. The molecular weight excluding hydrogens is 181 g/mol. The Hall–Kier alpha value is -1.18. The molecule has 0 saturated carbocycles. The second kappa shape index (κ2) is 4.00. The van der Waals surface area contributed by atoms with Gasteiger partial charge in [-0.05, 0) is 23.8 Å². The predicted octanol–water partition coefficient (Wildman–Crippen LogP) is 2.31. The van der Waals surface area contributed by atoms with E-state index in [1.807, 2.05) is 0 Å². The molecule has 0 radical (unpaired) electrons. The summed E-state index contributed by atoms with van der Waals surface area (Å²) in [5.41, 5.74) is 0.559. The number of nitrogens with zero attached hydrogens (tertiary/aromatic N) is 1. The summed E-state index contributed by atoms with van der Waals surface area (Å²) in [4.78, 5) is 13.0. The third-order valence-electron chi connectivity index (χ3n) is 1.25. The highest BCUT2D eigenvalue weighted by Gasteiger charge is 1.97. The third-order valence-corrected chi connectivity index (χ3v) is 1.47. The van der Waals surface area contributed by atoms with Crippen LogP contribution in [0.25, 0.3) is 0 Å². The van der Waals surface area contributed by atoms with Gasteiger partial charge in [-0.15, -0.1) is 0 Å². The topological polar surface area (TPSA) is 29.4 Å². The fourth-order valence-electron chi connectivity index (χ4n) is 0.826. The van der Waals surface area contributed by atoms with Crippen LogP contribution < -0.4 is 0 Å². The van der Waals surface area contributed by atoms with E-state index in [2.05, 4.69) is 4.99 Å². The summed E-state index contributed by atoms with van der Waals surface area (Å²) in [6.45, 7) is 0.112. The molecule has 0 aromatic heterocycles. The van der Waals surface area contributed by atoms with Gasteiger partial charge in [-0.1, -0.05) is 11.6 Å². The second-order valence-electron chi connectivity index (χ2n) is 2.19. The molecule has 0 unspecified atom stereocenters. The summed E-state index contributed by atoms with van der Waals surface area (Å²) in [6.07, 6.45) is 1.36. The van der Waals surface area contributed by atoms with Crippen LogP contribution in [0.1, 0.15) is 5.56 Å². The van der Waals surface area contributed by atoms with Gasteiger partial charge < -0.3 is 0 Å². The number of carbonyl (C=O) groups excluding carboxylic acids is 1. The van der Waals surface area contributed by atoms with Gasteiger partial charge in [0.2, 0.25) is 6.08 Å². The van der Waals surface area contributed by atoms with Gasteiger partial charge in [0.25, 0.3) is 0 Å². The van der Waals surface area contributed by atoms with Crippen LogP contribution in [-0.4, -0.2) is 6.08 Å². The lowest BCUT2D eigenvalue weighted by Gasteiger charge is -1.96. The van der Waals surface area contributed by atoms with Crippen molar-refractivity contribution in [2.75, 3.05) is 0 Å². The standard InChI is InChI=1S/C8H5ClFNO/c9-7-1-6(4-11-5-12)2-8(10)3-7/h1-3H,4H2. The molecule has 62 valence electrons. The van der Waals surface area contributed by atoms with Crippen LogP contribution in [0.4, 0.5) is 4.39 Å². The number of benzene rings is 1. The van der Waals surface area contributed by atoms with Crippen LogP contribution in [-0.2, 0) is 11.3 Å². The summed E-state index contributed by atoms with van der Waals surface area (Å²) >= 11 is 5.55. The molecule has 0 bridgehead atoms.